The van der Waals surface area contributed by atoms with Crippen molar-refractivity contribution in [3.05, 3.63) is 48.4 Å². The summed E-state index contributed by atoms with van der Waals surface area (Å²) in [6.07, 6.45) is 9.56. The molecule has 5 nitrogen and oxygen atoms in total. The van der Waals surface area contributed by atoms with Crippen molar-refractivity contribution in [1.29, 1.82) is 0 Å². The normalized spacial score (nSPS) is 17.4. The van der Waals surface area contributed by atoms with Crippen LogP contribution in [-0.2, 0) is 6.54 Å². The topological polar surface area (TPSA) is 54.2 Å². The molecule has 0 aromatic carbocycles. The Kier molecular flexibility index (Phi) is 4.40. The molecule has 3 heterocycles. The second kappa shape index (κ2) is 6.63. The number of nitrogens with zero attached hydrogens (tertiary/aromatic N) is 3. The summed E-state index contributed by atoms with van der Waals surface area (Å²) in [5.74, 6) is 1.05. The molecule has 0 saturated carbocycles. The molecule has 1 N–H and O–H groups in total. The van der Waals surface area contributed by atoms with Crippen LogP contribution in [0.4, 0.5) is 0 Å². The maximum absolute atomic E-state index is 5.60. The first-order chi connectivity index (χ1) is 9.93. The van der Waals surface area contributed by atoms with E-state index in [1.165, 1.54) is 12.8 Å². The molecule has 2 aromatic rings. The van der Waals surface area contributed by atoms with E-state index in [2.05, 4.69) is 26.3 Å². The summed E-state index contributed by atoms with van der Waals surface area (Å²) in [6.45, 7) is 3.97. The third kappa shape index (κ3) is 3.23. The monoisotopic (exact) mass is 272 g/mol. The molecule has 106 valence electrons. The summed E-state index contributed by atoms with van der Waals surface area (Å²) < 4.78 is 5.60. The SMILES string of the molecule is c1coc(C(CNCc2cncnc2)N2CCCC2)c1. The Hall–Kier alpha value is -1.72. The zero-order chi connectivity index (χ0) is 13.6. The summed E-state index contributed by atoms with van der Waals surface area (Å²) >= 11 is 0. The largest absolute Gasteiger partial charge is 0.468 e. The van der Waals surface area contributed by atoms with Crippen LogP contribution in [-0.4, -0.2) is 34.5 Å². The molecule has 0 amide bonds. The number of furan rings is 1. The first-order valence-corrected chi connectivity index (χ1v) is 7.15. The van der Waals surface area contributed by atoms with E-state index in [1.807, 2.05) is 18.5 Å². The highest BCUT2D eigenvalue weighted by Gasteiger charge is 2.24. The highest BCUT2D eigenvalue weighted by atomic mass is 16.3. The molecule has 2 aromatic heterocycles. The molecule has 5 heteroatoms. The molecule has 1 aliphatic rings. The van der Waals surface area contributed by atoms with Crippen molar-refractivity contribution < 1.29 is 4.42 Å². The molecule has 0 bridgehead atoms. The minimum atomic E-state index is 0.317. The van der Waals surface area contributed by atoms with Crippen LogP contribution in [0.1, 0.15) is 30.2 Å². The van der Waals surface area contributed by atoms with Crippen LogP contribution in [0.3, 0.4) is 0 Å². The van der Waals surface area contributed by atoms with Gasteiger partial charge >= 0.3 is 0 Å². The molecule has 20 heavy (non-hydrogen) atoms. The molecule has 1 unspecified atom stereocenters. The Bertz CT molecular complexity index is 494. The van der Waals surface area contributed by atoms with Gasteiger partial charge in [0.2, 0.25) is 0 Å². The number of hydrogen-bond acceptors (Lipinski definition) is 5. The van der Waals surface area contributed by atoms with Gasteiger partial charge in [0.1, 0.15) is 12.1 Å². The van der Waals surface area contributed by atoms with Gasteiger partial charge < -0.3 is 9.73 Å². The molecule has 0 radical (unpaired) electrons. The maximum atomic E-state index is 5.60. The number of likely N-dealkylation sites (tertiary alicyclic amines) is 1. The van der Waals surface area contributed by atoms with E-state index >= 15 is 0 Å². The Morgan fingerprint density at radius 2 is 2.05 bits per heavy atom. The lowest BCUT2D eigenvalue weighted by molar-refractivity contribution is 0.209. The average Bonchev–Trinajstić information content (AvgIpc) is 3.18. The van der Waals surface area contributed by atoms with Gasteiger partial charge in [0.15, 0.2) is 0 Å². The Morgan fingerprint density at radius 3 is 2.75 bits per heavy atom. The smallest absolute Gasteiger partial charge is 0.122 e. The summed E-state index contributed by atoms with van der Waals surface area (Å²) in [6, 6.07) is 4.34. The molecule has 1 aliphatic heterocycles. The summed E-state index contributed by atoms with van der Waals surface area (Å²) in [5, 5.41) is 3.49. The van der Waals surface area contributed by atoms with Crippen molar-refractivity contribution in [1.82, 2.24) is 20.2 Å². The number of rotatable bonds is 6. The van der Waals surface area contributed by atoms with Crippen molar-refractivity contribution in [2.24, 2.45) is 0 Å². The fourth-order valence-corrected chi connectivity index (χ4v) is 2.72. The molecule has 0 aliphatic carbocycles. The van der Waals surface area contributed by atoms with Gasteiger partial charge in [0.25, 0.3) is 0 Å². The van der Waals surface area contributed by atoms with Gasteiger partial charge in [-0.1, -0.05) is 0 Å². The van der Waals surface area contributed by atoms with Crippen LogP contribution in [0.5, 0.6) is 0 Å². The van der Waals surface area contributed by atoms with Crippen LogP contribution in [0.2, 0.25) is 0 Å². The van der Waals surface area contributed by atoms with Crippen molar-refractivity contribution >= 4 is 0 Å². The van der Waals surface area contributed by atoms with E-state index in [-0.39, 0.29) is 0 Å². The minimum absolute atomic E-state index is 0.317. The van der Waals surface area contributed by atoms with Gasteiger partial charge in [0.05, 0.1) is 12.3 Å². The summed E-state index contributed by atoms with van der Waals surface area (Å²) in [5.41, 5.74) is 1.10. The molecular formula is C15H20N4O. The summed E-state index contributed by atoms with van der Waals surface area (Å²) in [4.78, 5) is 10.6. The van der Waals surface area contributed by atoms with Gasteiger partial charge in [0, 0.05) is 31.0 Å². The number of nitrogens with one attached hydrogen (secondary N) is 1. The summed E-state index contributed by atoms with van der Waals surface area (Å²) in [7, 11) is 0. The Balaban J connectivity index is 1.59. The molecule has 0 spiro atoms. The zero-order valence-corrected chi connectivity index (χ0v) is 11.5. The lowest BCUT2D eigenvalue weighted by Crippen LogP contribution is -2.33. The first kappa shape index (κ1) is 13.3. The second-order valence-corrected chi connectivity index (χ2v) is 5.15. The zero-order valence-electron chi connectivity index (χ0n) is 11.5. The predicted molar refractivity (Wildman–Crippen MR) is 76.0 cm³/mol. The van der Waals surface area contributed by atoms with E-state index in [4.69, 9.17) is 4.42 Å². The predicted octanol–water partition coefficient (Wildman–Crippen LogP) is 2.00. The quantitative estimate of drug-likeness (QED) is 0.871. The van der Waals surface area contributed by atoms with Crippen molar-refractivity contribution in [2.75, 3.05) is 19.6 Å². The van der Waals surface area contributed by atoms with Crippen molar-refractivity contribution in [2.45, 2.75) is 25.4 Å². The van der Waals surface area contributed by atoms with Gasteiger partial charge in [-0.3, -0.25) is 4.90 Å². The van der Waals surface area contributed by atoms with E-state index in [0.29, 0.717) is 6.04 Å². The van der Waals surface area contributed by atoms with Crippen LogP contribution in [0, 0.1) is 0 Å². The van der Waals surface area contributed by atoms with Gasteiger partial charge in [-0.25, -0.2) is 9.97 Å². The molecule has 3 rings (SSSR count). The third-order valence-corrected chi connectivity index (χ3v) is 3.73. The lowest BCUT2D eigenvalue weighted by Gasteiger charge is -2.26. The third-order valence-electron chi connectivity index (χ3n) is 3.73. The fourth-order valence-electron chi connectivity index (χ4n) is 2.72. The Morgan fingerprint density at radius 1 is 1.25 bits per heavy atom. The first-order valence-electron chi connectivity index (χ1n) is 7.15. The van der Waals surface area contributed by atoms with Crippen LogP contribution < -0.4 is 5.32 Å². The van der Waals surface area contributed by atoms with Gasteiger partial charge in [-0.15, -0.1) is 0 Å². The molecule has 1 fully saturated rings. The molecule has 1 atom stereocenters. The average molecular weight is 272 g/mol. The van der Waals surface area contributed by atoms with Gasteiger partial charge in [-0.05, 0) is 38.1 Å². The standard InChI is InChI=1S/C15H20N4O/c1-2-6-19(5-1)14(15-4-3-7-20-15)11-16-8-13-9-17-12-18-10-13/h3-4,7,9-10,12,14,16H,1-2,5-6,8,11H2. The van der Waals surface area contributed by atoms with E-state index in [9.17, 15) is 0 Å². The number of hydrogen-bond donors (Lipinski definition) is 1. The molecule has 1 saturated heterocycles. The van der Waals surface area contributed by atoms with Crippen molar-refractivity contribution in [3.63, 3.8) is 0 Å². The van der Waals surface area contributed by atoms with Crippen molar-refractivity contribution in [3.8, 4) is 0 Å². The fraction of sp³-hybridized carbons (Fsp3) is 0.467. The Labute approximate surface area is 119 Å². The highest BCUT2D eigenvalue weighted by molar-refractivity contribution is 5.07. The minimum Gasteiger partial charge on any atom is -0.468 e. The highest BCUT2D eigenvalue weighted by Crippen LogP contribution is 2.24. The molecular weight excluding hydrogens is 252 g/mol. The van der Waals surface area contributed by atoms with E-state index < -0.39 is 0 Å². The van der Waals surface area contributed by atoms with Gasteiger partial charge in [-0.2, -0.15) is 0 Å². The number of aromatic nitrogens is 2. The van der Waals surface area contributed by atoms with E-state index in [1.54, 1.807) is 12.6 Å². The lowest BCUT2D eigenvalue weighted by atomic mass is 10.2. The van der Waals surface area contributed by atoms with E-state index in [0.717, 1.165) is 37.5 Å². The van der Waals surface area contributed by atoms with Crippen LogP contribution in [0.15, 0.2) is 41.5 Å². The van der Waals surface area contributed by atoms with Crippen LogP contribution >= 0.6 is 0 Å². The maximum Gasteiger partial charge on any atom is 0.122 e. The second-order valence-electron chi connectivity index (χ2n) is 5.15. The van der Waals surface area contributed by atoms with Crippen LogP contribution in [0.25, 0.3) is 0 Å².